The molecule has 1 N–H and O–H groups in total. The van der Waals surface area contributed by atoms with E-state index >= 15 is 0 Å². The van der Waals surface area contributed by atoms with Gasteiger partial charge in [0, 0.05) is 34.6 Å². The van der Waals surface area contributed by atoms with Gasteiger partial charge in [-0.3, -0.25) is 15.0 Å². The van der Waals surface area contributed by atoms with E-state index in [1.807, 2.05) is 19.2 Å². The molecule has 1 fully saturated rings. The quantitative estimate of drug-likeness (QED) is 0.195. The van der Waals surface area contributed by atoms with Crippen molar-refractivity contribution < 1.29 is 18.8 Å². The molecule has 4 aromatic rings. The highest BCUT2D eigenvalue weighted by atomic mass is 35.5. The monoisotopic (exact) mass is 496 g/mol. The smallest absolute Gasteiger partial charge is 0.338 e. The van der Waals surface area contributed by atoms with Crippen LogP contribution in [0.1, 0.15) is 35.7 Å². The SMILES string of the molecule is CCOC(=O)c1ccc(-c2cc3c(Cl)c4cc(F)cc([N+](=O)[O-])c4nc3[nH]2)c(CN(C)C2CC2)c1. The Morgan fingerprint density at radius 3 is 2.74 bits per heavy atom. The molecule has 2 aromatic carbocycles. The molecule has 5 rings (SSSR count). The Bertz CT molecular complexity index is 1500. The van der Waals surface area contributed by atoms with Crippen molar-refractivity contribution in [2.24, 2.45) is 0 Å². The van der Waals surface area contributed by atoms with E-state index < -0.39 is 22.4 Å². The van der Waals surface area contributed by atoms with Crippen molar-refractivity contribution in [2.75, 3.05) is 13.7 Å². The number of H-pyrrole nitrogens is 1. The second-order valence-corrected chi connectivity index (χ2v) is 9.07. The fraction of sp³-hybridized carbons (Fsp3) is 0.280. The molecule has 10 heteroatoms. The number of hydrogen-bond donors (Lipinski definition) is 1. The van der Waals surface area contributed by atoms with Gasteiger partial charge in [0.05, 0.1) is 28.2 Å². The van der Waals surface area contributed by atoms with Gasteiger partial charge in [0.25, 0.3) is 5.69 Å². The van der Waals surface area contributed by atoms with Gasteiger partial charge in [0.2, 0.25) is 0 Å². The Hall–Kier alpha value is -3.56. The standard InChI is InChI=1S/C25H22ClFN4O4/c1-3-35-25(32)13-4-7-17(14(8-13)12-30(2)16-5-6-16)20-11-19-22(26)18-9-15(27)10-21(31(33)34)23(18)29-24(19)28-20/h4,7-11,16H,3,5-6,12H2,1-2H3,(H,28,29). The predicted octanol–water partition coefficient (Wildman–Crippen LogP) is 5.85. The van der Waals surface area contributed by atoms with Gasteiger partial charge >= 0.3 is 5.97 Å². The number of ether oxygens (including phenoxy) is 1. The van der Waals surface area contributed by atoms with E-state index in [9.17, 15) is 19.3 Å². The number of pyridine rings is 1. The maximum Gasteiger partial charge on any atom is 0.338 e. The zero-order valence-corrected chi connectivity index (χ0v) is 19.9. The second-order valence-electron chi connectivity index (χ2n) is 8.69. The number of esters is 1. The third kappa shape index (κ3) is 4.33. The molecule has 0 unspecified atom stereocenters. The number of nitro groups is 1. The highest BCUT2D eigenvalue weighted by Crippen LogP contribution is 2.38. The number of carbonyl (C=O) groups excluding carboxylic acids is 1. The van der Waals surface area contributed by atoms with E-state index in [1.165, 1.54) is 0 Å². The summed E-state index contributed by atoms with van der Waals surface area (Å²) in [4.78, 5) is 33.0. The number of carbonyl (C=O) groups is 1. The minimum atomic E-state index is -0.761. The van der Waals surface area contributed by atoms with Crippen molar-refractivity contribution in [2.45, 2.75) is 32.4 Å². The van der Waals surface area contributed by atoms with Crippen LogP contribution in [-0.2, 0) is 11.3 Å². The number of aromatic amines is 1. The molecule has 180 valence electrons. The summed E-state index contributed by atoms with van der Waals surface area (Å²) < 4.78 is 19.2. The van der Waals surface area contributed by atoms with Crippen molar-refractivity contribution in [3.63, 3.8) is 0 Å². The van der Waals surface area contributed by atoms with Crippen LogP contribution < -0.4 is 0 Å². The van der Waals surface area contributed by atoms with E-state index in [0.717, 1.165) is 36.1 Å². The maximum absolute atomic E-state index is 14.1. The summed E-state index contributed by atoms with van der Waals surface area (Å²) in [5.41, 5.74) is 2.79. The fourth-order valence-electron chi connectivity index (χ4n) is 4.35. The Kier molecular flexibility index (Phi) is 5.90. The van der Waals surface area contributed by atoms with Gasteiger partial charge in [-0.25, -0.2) is 14.2 Å². The van der Waals surface area contributed by atoms with E-state index in [4.69, 9.17) is 16.3 Å². The molecule has 0 atom stereocenters. The lowest BCUT2D eigenvalue weighted by Crippen LogP contribution is -2.20. The number of aromatic nitrogens is 2. The zero-order valence-electron chi connectivity index (χ0n) is 19.1. The molecule has 0 radical (unpaired) electrons. The van der Waals surface area contributed by atoms with Crippen molar-refractivity contribution >= 4 is 45.2 Å². The van der Waals surface area contributed by atoms with E-state index in [-0.39, 0.29) is 22.5 Å². The van der Waals surface area contributed by atoms with Crippen LogP contribution in [0.5, 0.6) is 0 Å². The first kappa shape index (κ1) is 23.2. The number of nitro benzene ring substituents is 1. The number of benzene rings is 2. The molecular formula is C25H22ClFN4O4. The normalized spacial score (nSPS) is 13.6. The lowest BCUT2D eigenvalue weighted by molar-refractivity contribution is -0.383. The number of rotatable bonds is 7. The molecule has 0 aliphatic heterocycles. The summed E-state index contributed by atoms with van der Waals surface area (Å²) in [7, 11) is 2.04. The Balaban J connectivity index is 1.66. The van der Waals surface area contributed by atoms with Crippen molar-refractivity contribution in [1.29, 1.82) is 0 Å². The molecule has 1 aliphatic rings. The van der Waals surface area contributed by atoms with Crippen LogP contribution in [0.3, 0.4) is 0 Å². The predicted molar refractivity (Wildman–Crippen MR) is 131 cm³/mol. The molecule has 0 amide bonds. The summed E-state index contributed by atoms with van der Waals surface area (Å²) in [6.45, 7) is 2.66. The van der Waals surface area contributed by atoms with Crippen LogP contribution in [0.4, 0.5) is 10.1 Å². The molecule has 1 aliphatic carbocycles. The van der Waals surface area contributed by atoms with Gasteiger partial charge in [0.15, 0.2) is 5.52 Å². The number of halogens is 2. The van der Waals surface area contributed by atoms with Crippen LogP contribution in [0, 0.1) is 15.9 Å². The largest absolute Gasteiger partial charge is 0.462 e. The maximum atomic E-state index is 14.1. The minimum Gasteiger partial charge on any atom is -0.462 e. The van der Waals surface area contributed by atoms with E-state index in [0.29, 0.717) is 34.9 Å². The lowest BCUT2D eigenvalue weighted by Gasteiger charge is -2.18. The number of nitrogens with zero attached hydrogens (tertiary/aromatic N) is 3. The summed E-state index contributed by atoms with van der Waals surface area (Å²) in [5.74, 6) is -1.15. The molecular weight excluding hydrogens is 475 g/mol. The number of non-ortho nitro benzene ring substituents is 1. The Morgan fingerprint density at radius 2 is 2.06 bits per heavy atom. The van der Waals surface area contributed by atoms with Crippen LogP contribution in [-0.4, -0.2) is 45.5 Å². The number of hydrogen-bond acceptors (Lipinski definition) is 6. The highest BCUT2D eigenvalue weighted by molar-refractivity contribution is 6.40. The van der Waals surface area contributed by atoms with Gasteiger partial charge in [-0.1, -0.05) is 17.7 Å². The van der Waals surface area contributed by atoms with Crippen molar-refractivity contribution in [3.8, 4) is 11.3 Å². The van der Waals surface area contributed by atoms with Crippen molar-refractivity contribution in [1.82, 2.24) is 14.9 Å². The summed E-state index contributed by atoms with van der Waals surface area (Å²) in [5, 5.41) is 12.3. The van der Waals surface area contributed by atoms with Crippen LogP contribution in [0.25, 0.3) is 33.2 Å². The summed E-state index contributed by atoms with van der Waals surface area (Å²) >= 11 is 6.58. The van der Waals surface area contributed by atoms with Crippen LogP contribution >= 0.6 is 11.6 Å². The van der Waals surface area contributed by atoms with Crippen molar-refractivity contribution in [3.05, 3.63) is 68.5 Å². The second kappa shape index (κ2) is 8.90. The Labute approximate surface area is 204 Å². The fourth-order valence-corrected chi connectivity index (χ4v) is 4.64. The molecule has 2 aromatic heterocycles. The topological polar surface area (TPSA) is 101 Å². The van der Waals surface area contributed by atoms with Gasteiger partial charge in [-0.15, -0.1) is 0 Å². The average molecular weight is 497 g/mol. The molecule has 35 heavy (non-hydrogen) atoms. The summed E-state index contributed by atoms with van der Waals surface area (Å²) in [6, 6.07) is 9.64. The Morgan fingerprint density at radius 1 is 1.29 bits per heavy atom. The minimum absolute atomic E-state index is 0.00801. The van der Waals surface area contributed by atoms with Gasteiger partial charge in [-0.05, 0) is 56.6 Å². The third-order valence-electron chi connectivity index (χ3n) is 6.24. The third-order valence-corrected chi connectivity index (χ3v) is 6.65. The average Bonchev–Trinajstić information content (AvgIpc) is 3.59. The first-order chi connectivity index (χ1) is 16.8. The molecule has 2 heterocycles. The molecule has 0 bridgehead atoms. The lowest BCUT2D eigenvalue weighted by atomic mass is 10.0. The number of fused-ring (bicyclic) bond motifs is 2. The molecule has 0 spiro atoms. The van der Waals surface area contributed by atoms with Crippen LogP contribution in [0.15, 0.2) is 36.4 Å². The van der Waals surface area contributed by atoms with E-state index in [1.54, 1.807) is 19.1 Å². The summed E-state index contributed by atoms with van der Waals surface area (Å²) in [6.07, 6.45) is 2.27. The molecule has 1 saturated carbocycles. The van der Waals surface area contributed by atoms with E-state index in [2.05, 4.69) is 14.9 Å². The first-order valence-corrected chi connectivity index (χ1v) is 11.6. The van der Waals surface area contributed by atoms with Crippen LogP contribution in [0.2, 0.25) is 5.02 Å². The van der Waals surface area contributed by atoms with Gasteiger partial charge in [-0.2, -0.15) is 0 Å². The molecule has 0 saturated heterocycles. The van der Waals surface area contributed by atoms with Gasteiger partial charge < -0.3 is 9.72 Å². The van der Waals surface area contributed by atoms with Gasteiger partial charge in [0.1, 0.15) is 11.5 Å². The highest BCUT2D eigenvalue weighted by Gasteiger charge is 2.27. The number of nitrogens with one attached hydrogen (secondary N) is 1. The first-order valence-electron chi connectivity index (χ1n) is 11.2. The zero-order chi connectivity index (χ0) is 24.9. The molecule has 8 nitrogen and oxygen atoms in total.